The summed E-state index contributed by atoms with van der Waals surface area (Å²) < 4.78 is 0. The Balaban J connectivity index is 1.75. The number of aliphatic carboxylic acids is 1. The highest BCUT2D eigenvalue weighted by molar-refractivity contribution is 5.73. The van der Waals surface area contributed by atoms with E-state index in [1.54, 1.807) is 0 Å². The van der Waals surface area contributed by atoms with Gasteiger partial charge in [-0.05, 0) is 60.2 Å². The molecule has 0 heterocycles. The van der Waals surface area contributed by atoms with Gasteiger partial charge in [-0.25, -0.2) is 0 Å². The Hall–Kier alpha value is -0.530. The van der Waals surface area contributed by atoms with Crippen LogP contribution in [0.5, 0.6) is 0 Å². The van der Waals surface area contributed by atoms with E-state index < -0.39 is 5.97 Å². The van der Waals surface area contributed by atoms with E-state index in [0.717, 1.165) is 35.5 Å². The van der Waals surface area contributed by atoms with E-state index in [1.807, 2.05) is 0 Å². The van der Waals surface area contributed by atoms with Gasteiger partial charge >= 0.3 is 5.97 Å². The van der Waals surface area contributed by atoms with E-state index in [4.69, 9.17) is 0 Å². The molecule has 5 rings (SSSR count). The third-order valence-electron chi connectivity index (χ3n) is 6.61. The van der Waals surface area contributed by atoms with Gasteiger partial charge in [0.15, 0.2) is 0 Å². The van der Waals surface area contributed by atoms with Crippen LogP contribution in [0.1, 0.15) is 12.8 Å². The van der Waals surface area contributed by atoms with Crippen LogP contribution >= 0.6 is 0 Å². The van der Waals surface area contributed by atoms with Gasteiger partial charge in [0.2, 0.25) is 0 Å². The molecule has 5 aliphatic rings. The normalized spacial score (nSPS) is 74.4. The second kappa shape index (κ2) is 1.66. The monoisotopic (exact) mass is 190 g/mol. The predicted octanol–water partition coefficient (Wildman–Crippen LogP) is 1.47. The summed E-state index contributed by atoms with van der Waals surface area (Å²) in [6.07, 6.45) is 2.81. The first-order valence-corrected chi connectivity index (χ1v) is 6.02. The largest absolute Gasteiger partial charge is 0.481 e. The number of carboxylic acids is 1. The molecular formula is C12H14O2. The first kappa shape index (κ1) is 6.86. The second-order valence-corrected chi connectivity index (χ2v) is 6.30. The van der Waals surface area contributed by atoms with Crippen LogP contribution in [0.15, 0.2) is 0 Å². The van der Waals surface area contributed by atoms with Crippen LogP contribution in [0.3, 0.4) is 0 Å². The van der Waals surface area contributed by atoms with Crippen LogP contribution in [0.2, 0.25) is 0 Å². The van der Waals surface area contributed by atoms with Gasteiger partial charge in [-0.3, -0.25) is 4.79 Å². The highest BCUT2D eigenvalue weighted by Gasteiger charge is 2.81. The van der Waals surface area contributed by atoms with Gasteiger partial charge in [0, 0.05) is 0 Å². The molecule has 2 bridgehead atoms. The number of rotatable bonds is 1. The van der Waals surface area contributed by atoms with Crippen molar-refractivity contribution in [3.63, 3.8) is 0 Å². The summed E-state index contributed by atoms with van der Waals surface area (Å²) in [4.78, 5) is 11.3. The molecule has 2 nitrogen and oxygen atoms in total. The molecule has 5 aliphatic carbocycles. The molecule has 0 saturated heterocycles. The maximum absolute atomic E-state index is 11.3. The summed E-state index contributed by atoms with van der Waals surface area (Å²) in [7, 11) is 0. The minimum atomic E-state index is -0.469. The smallest absolute Gasteiger partial charge is 0.307 e. The Morgan fingerprint density at radius 3 is 2.21 bits per heavy atom. The standard InChI is InChI=1S/C12H14O2/c13-12(14)11-8-4-2-5-7-3(4)1-6(8)9(7)10(5)11/h3-11H,1-2H2,(H,13,14)/t3-,4-,5-,6+,7-,8-,9+,10+,11+/m1/s1. The Morgan fingerprint density at radius 1 is 0.857 bits per heavy atom. The highest BCUT2D eigenvalue weighted by atomic mass is 16.4. The third kappa shape index (κ3) is 0.409. The fraction of sp³-hybridized carbons (Fsp3) is 0.917. The van der Waals surface area contributed by atoms with Crippen molar-refractivity contribution < 1.29 is 9.90 Å². The maximum Gasteiger partial charge on any atom is 0.307 e. The zero-order valence-electron chi connectivity index (χ0n) is 7.97. The van der Waals surface area contributed by atoms with Crippen molar-refractivity contribution in [1.29, 1.82) is 0 Å². The van der Waals surface area contributed by atoms with Crippen molar-refractivity contribution in [2.75, 3.05) is 0 Å². The fourth-order valence-electron chi connectivity index (χ4n) is 6.80. The fourth-order valence-corrected chi connectivity index (χ4v) is 6.80. The summed E-state index contributed by atoms with van der Waals surface area (Å²) >= 11 is 0. The zero-order valence-corrected chi connectivity index (χ0v) is 7.97. The molecule has 0 radical (unpaired) electrons. The van der Waals surface area contributed by atoms with E-state index in [-0.39, 0.29) is 5.92 Å². The van der Waals surface area contributed by atoms with Crippen molar-refractivity contribution in [2.45, 2.75) is 12.8 Å². The quantitative estimate of drug-likeness (QED) is 0.679. The number of fused-ring (bicyclic) bond motifs is 2. The molecule has 14 heavy (non-hydrogen) atoms. The van der Waals surface area contributed by atoms with Gasteiger partial charge < -0.3 is 5.11 Å². The molecule has 74 valence electrons. The first-order chi connectivity index (χ1) is 6.79. The topological polar surface area (TPSA) is 37.3 Å². The van der Waals surface area contributed by atoms with Gasteiger partial charge in [-0.2, -0.15) is 0 Å². The van der Waals surface area contributed by atoms with Crippen LogP contribution in [-0.4, -0.2) is 11.1 Å². The van der Waals surface area contributed by atoms with E-state index in [9.17, 15) is 9.90 Å². The average molecular weight is 190 g/mol. The van der Waals surface area contributed by atoms with Crippen molar-refractivity contribution in [3.05, 3.63) is 0 Å². The zero-order chi connectivity index (χ0) is 9.19. The van der Waals surface area contributed by atoms with Crippen LogP contribution in [-0.2, 0) is 4.79 Å². The minimum Gasteiger partial charge on any atom is -0.481 e. The number of carboxylic acid groups (broad SMARTS) is 1. The molecule has 0 spiro atoms. The van der Waals surface area contributed by atoms with Crippen molar-refractivity contribution in [1.82, 2.24) is 0 Å². The van der Waals surface area contributed by atoms with Crippen molar-refractivity contribution in [2.24, 2.45) is 53.3 Å². The van der Waals surface area contributed by atoms with Crippen LogP contribution in [0.4, 0.5) is 0 Å². The highest BCUT2D eigenvalue weighted by Crippen LogP contribution is 2.84. The SMILES string of the molecule is O=C(O)[C@H]1[C@@H]2[C@@H]3C[C@@H]4[C@H]5[C@@H]3C[C@@H]2[C@@H]5[C@H]41. The maximum atomic E-state index is 11.3. The Labute approximate surface area is 82.7 Å². The van der Waals surface area contributed by atoms with E-state index in [1.165, 1.54) is 12.8 Å². The molecule has 0 aliphatic heterocycles. The molecule has 9 atom stereocenters. The molecule has 5 fully saturated rings. The Bertz CT molecular complexity index is 357. The van der Waals surface area contributed by atoms with Crippen LogP contribution < -0.4 is 0 Å². The lowest BCUT2D eigenvalue weighted by Crippen LogP contribution is -2.45. The molecule has 1 N–H and O–H groups in total. The number of hydrogen-bond acceptors (Lipinski definition) is 1. The van der Waals surface area contributed by atoms with E-state index in [0.29, 0.717) is 11.8 Å². The van der Waals surface area contributed by atoms with Gasteiger partial charge in [0.05, 0.1) is 5.92 Å². The Morgan fingerprint density at radius 2 is 1.50 bits per heavy atom. The van der Waals surface area contributed by atoms with Crippen molar-refractivity contribution >= 4 is 5.97 Å². The van der Waals surface area contributed by atoms with E-state index >= 15 is 0 Å². The Kier molecular flexibility index (Phi) is 0.812. The van der Waals surface area contributed by atoms with Crippen molar-refractivity contribution in [3.8, 4) is 0 Å². The lowest BCUT2D eigenvalue weighted by atomic mass is 9.57. The molecule has 0 amide bonds. The van der Waals surface area contributed by atoms with E-state index in [2.05, 4.69) is 0 Å². The summed E-state index contributed by atoms with van der Waals surface area (Å²) in [5.74, 6) is 6.22. The lowest BCUT2D eigenvalue weighted by molar-refractivity contribution is -0.150. The predicted molar refractivity (Wildman–Crippen MR) is 48.3 cm³/mol. The van der Waals surface area contributed by atoms with Gasteiger partial charge in [0.1, 0.15) is 0 Å². The summed E-state index contributed by atoms with van der Waals surface area (Å²) in [6, 6.07) is 0. The van der Waals surface area contributed by atoms with Gasteiger partial charge in [-0.1, -0.05) is 0 Å². The average Bonchev–Trinajstić information content (AvgIpc) is 2.60. The van der Waals surface area contributed by atoms with Crippen LogP contribution in [0.25, 0.3) is 0 Å². The molecule has 0 unspecified atom stereocenters. The molecular weight excluding hydrogens is 176 g/mol. The number of hydrogen-bond donors (Lipinski definition) is 1. The molecule has 2 heteroatoms. The third-order valence-corrected chi connectivity index (χ3v) is 6.61. The van der Waals surface area contributed by atoms with Gasteiger partial charge in [-0.15, -0.1) is 0 Å². The van der Waals surface area contributed by atoms with Crippen LogP contribution in [0, 0.1) is 53.3 Å². The summed E-state index contributed by atoms with van der Waals surface area (Å²) in [5, 5.41) is 9.33. The summed E-state index contributed by atoms with van der Waals surface area (Å²) in [5.41, 5.74) is 0. The molecule has 0 aromatic rings. The number of carbonyl (C=O) groups is 1. The molecule has 5 saturated carbocycles. The molecule has 0 aromatic carbocycles. The first-order valence-electron chi connectivity index (χ1n) is 6.02. The lowest BCUT2D eigenvalue weighted by Gasteiger charge is -2.46. The van der Waals surface area contributed by atoms with Gasteiger partial charge in [0.25, 0.3) is 0 Å². The molecule has 0 aromatic heterocycles. The second-order valence-electron chi connectivity index (χ2n) is 6.30. The summed E-state index contributed by atoms with van der Waals surface area (Å²) in [6.45, 7) is 0. The minimum absolute atomic E-state index is 0.0810.